The van der Waals surface area contributed by atoms with E-state index in [-0.39, 0.29) is 11.6 Å². The van der Waals surface area contributed by atoms with Crippen LogP contribution < -0.4 is 10.2 Å². The van der Waals surface area contributed by atoms with Crippen molar-refractivity contribution in [3.05, 3.63) is 57.1 Å². The Bertz CT molecular complexity index is 792. The Hall–Kier alpha value is -2.60. The molecule has 0 atom stereocenters. The predicted octanol–water partition coefficient (Wildman–Crippen LogP) is 3.51. The highest BCUT2D eigenvalue weighted by Crippen LogP contribution is 2.34. The molecule has 1 heterocycles. The summed E-state index contributed by atoms with van der Waals surface area (Å²) in [7, 11) is 1.73. The fourth-order valence-corrected chi connectivity index (χ4v) is 2.63. The van der Waals surface area contributed by atoms with Gasteiger partial charge in [-0.2, -0.15) is 0 Å². The molecule has 1 amide bonds. The number of hydrogen-bond donors (Lipinski definition) is 1. The first-order valence-corrected chi connectivity index (χ1v) is 6.94. The number of nitrogens with one attached hydrogen (secondary N) is 1. The molecular formula is C15H12ClN3O3. The molecule has 7 heteroatoms. The quantitative estimate of drug-likeness (QED) is 0.694. The normalized spacial score (nSPS) is 13.2. The molecule has 1 N–H and O–H groups in total. The lowest BCUT2D eigenvalue weighted by atomic mass is 10.1. The summed E-state index contributed by atoms with van der Waals surface area (Å²) in [5.41, 5.74) is 2.70. The molecule has 0 saturated heterocycles. The van der Waals surface area contributed by atoms with Gasteiger partial charge in [0.15, 0.2) is 0 Å². The Kier molecular flexibility index (Phi) is 3.46. The zero-order valence-corrected chi connectivity index (χ0v) is 12.4. The van der Waals surface area contributed by atoms with Crippen molar-refractivity contribution in [1.82, 2.24) is 0 Å². The first-order chi connectivity index (χ1) is 10.5. The topological polar surface area (TPSA) is 75.5 Å². The predicted molar refractivity (Wildman–Crippen MR) is 84.9 cm³/mol. The third-order valence-electron chi connectivity index (χ3n) is 3.59. The summed E-state index contributed by atoms with van der Waals surface area (Å²) in [6.07, 6.45) is 0.337. The van der Waals surface area contributed by atoms with Gasteiger partial charge in [0.05, 0.1) is 11.3 Å². The van der Waals surface area contributed by atoms with Crippen molar-refractivity contribution in [2.24, 2.45) is 0 Å². The molecule has 0 fully saturated rings. The second-order valence-electron chi connectivity index (χ2n) is 5.02. The van der Waals surface area contributed by atoms with Gasteiger partial charge in [-0.25, -0.2) is 0 Å². The number of nitrogens with zero attached hydrogens (tertiary/aromatic N) is 2. The first kappa shape index (κ1) is 14.3. The lowest BCUT2D eigenvalue weighted by molar-refractivity contribution is -0.383. The Morgan fingerprint density at radius 1 is 1.27 bits per heavy atom. The maximum Gasteiger partial charge on any atom is 0.294 e. The molecule has 3 rings (SSSR count). The number of likely N-dealkylation sites (N-methyl/N-ethyl adjacent to an activating group) is 1. The van der Waals surface area contributed by atoms with Gasteiger partial charge >= 0.3 is 0 Å². The van der Waals surface area contributed by atoms with Crippen molar-refractivity contribution in [2.75, 3.05) is 17.3 Å². The maximum absolute atomic E-state index is 11.7. The molecular weight excluding hydrogens is 306 g/mol. The molecule has 2 aromatic carbocycles. The first-order valence-electron chi connectivity index (χ1n) is 6.56. The number of rotatable bonds is 3. The molecule has 1 aliphatic heterocycles. The molecule has 2 aromatic rings. The fourth-order valence-electron chi connectivity index (χ4n) is 2.46. The van der Waals surface area contributed by atoms with Gasteiger partial charge in [0.2, 0.25) is 5.91 Å². The van der Waals surface area contributed by atoms with Gasteiger partial charge in [-0.15, -0.1) is 0 Å². The third kappa shape index (κ3) is 2.48. The number of carbonyl (C=O) groups is 1. The minimum atomic E-state index is -0.487. The van der Waals surface area contributed by atoms with Gasteiger partial charge in [0, 0.05) is 29.5 Å². The molecule has 22 heavy (non-hydrogen) atoms. The van der Waals surface area contributed by atoms with E-state index < -0.39 is 4.92 Å². The van der Waals surface area contributed by atoms with Crippen LogP contribution in [-0.4, -0.2) is 17.9 Å². The number of amides is 1. The van der Waals surface area contributed by atoms with Crippen LogP contribution in [0.5, 0.6) is 0 Å². The van der Waals surface area contributed by atoms with E-state index in [1.54, 1.807) is 30.1 Å². The fraction of sp³-hybridized carbons (Fsp3) is 0.133. The summed E-state index contributed by atoms with van der Waals surface area (Å²) in [6.45, 7) is 0. The number of benzene rings is 2. The van der Waals surface area contributed by atoms with E-state index in [2.05, 4.69) is 5.32 Å². The second kappa shape index (κ2) is 5.31. The molecule has 6 nitrogen and oxygen atoms in total. The van der Waals surface area contributed by atoms with Crippen molar-refractivity contribution in [3.63, 3.8) is 0 Å². The lowest BCUT2D eigenvalue weighted by Gasteiger charge is -2.12. The zero-order chi connectivity index (χ0) is 15.9. The Morgan fingerprint density at radius 3 is 2.77 bits per heavy atom. The number of hydrogen-bond acceptors (Lipinski definition) is 4. The van der Waals surface area contributed by atoms with E-state index in [0.717, 1.165) is 11.3 Å². The Labute approximate surface area is 131 Å². The van der Waals surface area contributed by atoms with Crippen molar-refractivity contribution in [1.29, 1.82) is 0 Å². The summed E-state index contributed by atoms with van der Waals surface area (Å²) in [5.74, 6) is 0.0321. The Balaban J connectivity index is 1.94. The number of fused-ring (bicyclic) bond motifs is 1. The van der Waals surface area contributed by atoms with Crippen molar-refractivity contribution >= 4 is 40.3 Å². The average molecular weight is 318 g/mol. The second-order valence-corrected chi connectivity index (χ2v) is 5.45. The van der Waals surface area contributed by atoms with Crippen LogP contribution in [0.1, 0.15) is 5.56 Å². The van der Waals surface area contributed by atoms with Crippen molar-refractivity contribution in [3.8, 4) is 0 Å². The van der Waals surface area contributed by atoms with Crippen molar-refractivity contribution < 1.29 is 9.72 Å². The van der Waals surface area contributed by atoms with Gasteiger partial charge in [-0.3, -0.25) is 14.9 Å². The monoisotopic (exact) mass is 317 g/mol. The number of carbonyl (C=O) groups excluding carboxylic acids is 1. The van der Waals surface area contributed by atoms with Crippen molar-refractivity contribution in [2.45, 2.75) is 6.42 Å². The van der Waals surface area contributed by atoms with E-state index in [9.17, 15) is 14.9 Å². The highest BCUT2D eigenvalue weighted by atomic mass is 35.5. The van der Waals surface area contributed by atoms with E-state index in [4.69, 9.17) is 11.6 Å². The summed E-state index contributed by atoms with van der Waals surface area (Å²) >= 11 is 5.80. The van der Waals surface area contributed by atoms with Gasteiger partial charge in [0.25, 0.3) is 5.69 Å². The number of anilines is 3. The lowest BCUT2D eigenvalue weighted by Crippen LogP contribution is -2.20. The van der Waals surface area contributed by atoms with Crippen LogP contribution in [0.3, 0.4) is 0 Å². The largest absolute Gasteiger partial charge is 0.350 e. The highest BCUT2D eigenvalue weighted by molar-refractivity contribution is 6.30. The number of nitro groups is 1. The zero-order valence-electron chi connectivity index (χ0n) is 11.7. The molecule has 112 valence electrons. The SMILES string of the molecule is CN1C(=O)Cc2cc(Nc3ccc(Cl)cc3[N+](=O)[O-])ccc21. The average Bonchev–Trinajstić information content (AvgIpc) is 2.75. The van der Waals surface area contributed by atoms with Crippen LogP contribution in [-0.2, 0) is 11.2 Å². The third-order valence-corrected chi connectivity index (χ3v) is 3.83. The van der Waals surface area contributed by atoms with E-state index in [0.29, 0.717) is 22.8 Å². The summed E-state index contributed by atoms with van der Waals surface area (Å²) < 4.78 is 0. The number of nitro benzene ring substituents is 1. The van der Waals surface area contributed by atoms with Crippen LogP contribution in [0.2, 0.25) is 5.02 Å². The van der Waals surface area contributed by atoms with E-state index in [1.165, 1.54) is 6.07 Å². The van der Waals surface area contributed by atoms with Crippen LogP contribution in [0, 0.1) is 10.1 Å². The van der Waals surface area contributed by atoms with Gasteiger partial charge in [-0.1, -0.05) is 11.6 Å². The van der Waals surface area contributed by atoms with Crippen LogP contribution >= 0.6 is 11.6 Å². The molecule has 0 aromatic heterocycles. The summed E-state index contributed by atoms with van der Waals surface area (Å²) in [4.78, 5) is 23.9. The van der Waals surface area contributed by atoms with Gasteiger partial charge in [0.1, 0.15) is 5.69 Å². The molecule has 0 saturated carbocycles. The molecule has 0 bridgehead atoms. The minimum Gasteiger partial charge on any atom is -0.350 e. The molecule has 0 aliphatic carbocycles. The van der Waals surface area contributed by atoms with E-state index in [1.807, 2.05) is 12.1 Å². The Morgan fingerprint density at radius 2 is 2.05 bits per heavy atom. The van der Waals surface area contributed by atoms with Crippen LogP contribution in [0.15, 0.2) is 36.4 Å². The van der Waals surface area contributed by atoms with E-state index >= 15 is 0 Å². The molecule has 1 aliphatic rings. The number of halogens is 1. The smallest absolute Gasteiger partial charge is 0.294 e. The van der Waals surface area contributed by atoms with Crippen LogP contribution in [0.4, 0.5) is 22.7 Å². The minimum absolute atomic E-state index is 0.0321. The molecule has 0 spiro atoms. The highest BCUT2D eigenvalue weighted by Gasteiger charge is 2.24. The maximum atomic E-state index is 11.7. The summed E-state index contributed by atoms with van der Waals surface area (Å²) in [6, 6.07) is 9.88. The molecule has 0 radical (unpaired) electrons. The standard InChI is InChI=1S/C15H12ClN3O3/c1-18-13-5-3-11(6-9(13)7-15(18)20)17-12-4-2-10(16)8-14(12)19(21)22/h2-6,8,17H,7H2,1H3. The van der Waals surface area contributed by atoms with Crippen LogP contribution in [0.25, 0.3) is 0 Å². The summed E-state index contributed by atoms with van der Waals surface area (Å²) in [5, 5.41) is 14.4. The van der Waals surface area contributed by atoms with Gasteiger partial charge < -0.3 is 10.2 Å². The van der Waals surface area contributed by atoms with Gasteiger partial charge in [-0.05, 0) is 35.9 Å². The molecule has 0 unspecified atom stereocenters.